The first-order chi connectivity index (χ1) is 12.9. The number of allylic oxidation sites excluding steroid dienone is 2. The van der Waals surface area contributed by atoms with Crippen LogP contribution in [0.25, 0.3) is 0 Å². The van der Waals surface area contributed by atoms with Crippen molar-refractivity contribution < 1.29 is 23.5 Å². The second-order valence-corrected chi connectivity index (χ2v) is 8.68. The second kappa shape index (κ2) is 6.86. The molecule has 0 amide bonds. The van der Waals surface area contributed by atoms with Crippen molar-refractivity contribution in [3.8, 4) is 17.2 Å². The molecule has 0 radical (unpaired) electrons. The molecule has 0 saturated carbocycles. The van der Waals surface area contributed by atoms with Gasteiger partial charge in [-0.1, -0.05) is 11.6 Å². The standard InChI is InChI=1S/C22H30NO4/c1-14-5-7-15(8-6-14)18(24)12-17-20-16(9-10-23(17,2)3)11-19-21(22(20)25-4)27-13-26-19/h5,11,15,17H,6-10,12-13H2,1-4H3/q+1/t15-,17-/m0/s1. The van der Waals surface area contributed by atoms with Crippen LogP contribution in [0.2, 0.25) is 0 Å². The summed E-state index contributed by atoms with van der Waals surface area (Å²) in [6.07, 6.45) is 6.64. The number of hydrogen-bond acceptors (Lipinski definition) is 4. The van der Waals surface area contributed by atoms with Crippen LogP contribution in [0.5, 0.6) is 17.2 Å². The molecule has 5 heteroatoms. The predicted molar refractivity (Wildman–Crippen MR) is 103 cm³/mol. The normalized spacial score (nSPS) is 25.6. The fourth-order valence-corrected chi connectivity index (χ4v) is 4.73. The number of carbonyl (C=O) groups excluding carboxylic acids is 1. The lowest BCUT2D eigenvalue weighted by molar-refractivity contribution is -0.922. The van der Waals surface area contributed by atoms with Crippen LogP contribution in [0.1, 0.15) is 49.8 Å². The number of nitrogens with zero attached hydrogens (tertiary/aromatic N) is 1. The van der Waals surface area contributed by atoms with Gasteiger partial charge >= 0.3 is 0 Å². The Labute approximate surface area is 161 Å². The predicted octanol–water partition coefficient (Wildman–Crippen LogP) is 3.80. The summed E-state index contributed by atoms with van der Waals surface area (Å²) < 4.78 is 17.9. The van der Waals surface area contributed by atoms with Crippen molar-refractivity contribution in [3.05, 3.63) is 28.8 Å². The number of hydrogen-bond donors (Lipinski definition) is 0. The van der Waals surface area contributed by atoms with Gasteiger partial charge in [-0.3, -0.25) is 4.79 Å². The Kier molecular flexibility index (Phi) is 4.66. The largest absolute Gasteiger partial charge is 0.492 e. The zero-order valence-corrected chi connectivity index (χ0v) is 16.8. The number of likely N-dealkylation sites (N-methyl/N-ethyl adjacent to an activating group) is 1. The summed E-state index contributed by atoms with van der Waals surface area (Å²) in [5.41, 5.74) is 3.77. The molecule has 5 nitrogen and oxygen atoms in total. The van der Waals surface area contributed by atoms with Gasteiger partial charge in [0.15, 0.2) is 11.5 Å². The molecule has 1 aromatic carbocycles. The van der Waals surface area contributed by atoms with Crippen LogP contribution in [0, 0.1) is 5.92 Å². The molecule has 2 atom stereocenters. The number of quaternary nitrogens is 1. The van der Waals surface area contributed by atoms with Crippen LogP contribution in [-0.2, 0) is 11.2 Å². The van der Waals surface area contributed by atoms with Crippen molar-refractivity contribution in [1.82, 2.24) is 0 Å². The molecule has 4 rings (SSSR count). The van der Waals surface area contributed by atoms with Crippen molar-refractivity contribution in [2.24, 2.45) is 5.92 Å². The number of Topliss-reactive ketones (excluding diaryl/α,β-unsaturated/α-hetero) is 1. The van der Waals surface area contributed by atoms with E-state index in [0.29, 0.717) is 18.0 Å². The van der Waals surface area contributed by atoms with Crippen LogP contribution >= 0.6 is 0 Å². The highest BCUT2D eigenvalue weighted by Crippen LogP contribution is 2.51. The smallest absolute Gasteiger partial charge is 0.231 e. The van der Waals surface area contributed by atoms with E-state index in [2.05, 4.69) is 33.2 Å². The zero-order valence-electron chi connectivity index (χ0n) is 16.8. The summed E-state index contributed by atoms with van der Waals surface area (Å²) in [7, 11) is 6.12. The Balaban J connectivity index is 1.69. The van der Waals surface area contributed by atoms with Crippen molar-refractivity contribution in [1.29, 1.82) is 0 Å². The topological polar surface area (TPSA) is 44.8 Å². The number of methoxy groups -OCH3 is 1. The first-order valence-corrected chi connectivity index (χ1v) is 9.91. The Morgan fingerprint density at radius 1 is 1.30 bits per heavy atom. The quantitative estimate of drug-likeness (QED) is 0.596. The number of ketones is 1. The maximum atomic E-state index is 13.2. The first kappa shape index (κ1) is 18.4. The lowest BCUT2D eigenvalue weighted by Crippen LogP contribution is -2.49. The minimum Gasteiger partial charge on any atom is -0.492 e. The monoisotopic (exact) mass is 372 g/mol. The molecule has 0 saturated heterocycles. The third-order valence-electron chi connectivity index (χ3n) is 6.57. The Hall–Kier alpha value is -2.01. The van der Waals surface area contributed by atoms with Gasteiger partial charge in [0.2, 0.25) is 12.5 Å². The molecule has 3 aliphatic rings. The van der Waals surface area contributed by atoms with E-state index >= 15 is 0 Å². The van der Waals surface area contributed by atoms with Crippen molar-refractivity contribution in [2.75, 3.05) is 34.5 Å². The molecule has 0 fully saturated rings. The molecule has 0 spiro atoms. The van der Waals surface area contributed by atoms with Gasteiger partial charge in [-0.05, 0) is 37.8 Å². The van der Waals surface area contributed by atoms with E-state index < -0.39 is 0 Å². The van der Waals surface area contributed by atoms with Crippen LogP contribution < -0.4 is 14.2 Å². The summed E-state index contributed by atoms with van der Waals surface area (Å²) in [5.74, 6) is 2.73. The van der Waals surface area contributed by atoms with Gasteiger partial charge in [-0.25, -0.2) is 0 Å². The first-order valence-electron chi connectivity index (χ1n) is 9.91. The Morgan fingerprint density at radius 2 is 2.11 bits per heavy atom. The minimum atomic E-state index is 0.0812. The second-order valence-electron chi connectivity index (χ2n) is 8.68. The van der Waals surface area contributed by atoms with Gasteiger partial charge in [0.05, 0.1) is 39.7 Å². The third kappa shape index (κ3) is 3.22. The van der Waals surface area contributed by atoms with Gasteiger partial charge in [-0.15, -0.1) is 0 Å². The van der Waals surface area contributed by atoms with Crippen molar-refractivity contribution >= 4 is 5.78 Å². The van der Waals surface area contributed by atoms with Crippen molar-refractivity contribution in [3.63, 3.8) is 0 Å². The fourth-order valence-electron chi connectivity index (χ4n) is 4.73. The van der Waals surface area contributed by atoms with Crippen LogP contribution in [0.4, 0.5) is 0 Å². The summed E-state index contributed by atoms with van der Waals surface area (Å²) >= 11 is 0. The molecule has 1 aliphatic carbocycles. The number of fused-ring (bicyclic) bond motifs is 2. The molecule has 0 unspecified atom stereocenters. The summed E-state index contributed by atoms with van der Waals surface area (Å²) in [4.78, 5) is 13.2. The van der Waals surface area contributed by atoms with Gasteiger partial charge in [0.1, 0.15) is 11.8 Å². The number of benzene rings is 1. The van der Waals surface area contributed by atoms with Crippen LogP contribution in [0.3, 0.4) is 0 Å². The molecule has 2 heterocycles. The van der Waals surface area contributed by atoms with Gasteiger partial charge < -0.3 is 18.7 Å². The maximum absolute atomic E-state index is 13.2. The lowest BCUT2D eigenvalue weighted by atomic mass is 9.81. The number of ether oxygens (including phenoxy) is 3. The molecular formula is C22H30NO4+. The van der Waals surface area contributed by atoms with E-state index in [0.717, 1.165) is 53.8 Å². The maximum Gasteiger partial charge on any atom is 0.231 e. The van der Waals surface area contributed by atoms with Gasteiger partial charge in [0.25, 0.3) is 0 Å². The molecule has 146 valence electrons. The molecule has 1 aromatic rings. The SMILES string of the molecule is COc1c2c(cc3c1[C@H](CC(=O)[C@H]1CC=C(C)CC1)[N+](C)(C)CC3)OCO2. The average molecular weight is 372 g/mol. The Morgan fingerprint density at radius 3 is 2.81 bits per heavy atom. The minimum absolute atomic E-state index is 0.0812. The van der Waals surface area contributed by atoms with Gasteiger partial charge in [-0.2, -0.15) is 0 Å². The lowest BCUT2D eigenvalue weighted by Gasteiger charge is -2.43. The molecule has 0 aromatic heterocycles. The summed E-state index contributed by atoms with van der Waals surface area (Å²) in [6, 6.07) is 2.17. The van der Waals surface area contributed by atoms with Crippen molar-refractivity contribution in [2.45, 2.75) is 45.1 Å². The van der Waals surface area contributed by atoms with Gasteiger partial charge in [0, 0.05) is 12.3 Å². The summed E-state index contributed by atoms with van der Waals surface area (Å²) in [6.45, 7) is 3.38. The summed E-state index contributed by atoms with van der Waals surface area (Å²) in [5, 5.41) is 0. The highest BCUT2D eigenvalue weighted by atomic mass is 16.7. The van der Waals surface area contributed by atoms with E-state index in [1.807, 2.05) is 0 Å². The van der Waals surface area contributed by atoms with Crippen LogP contribution in [-0.4, -0.2) is 44.8 Å². The highest BCUT2D eigenvalue weighted by Gasteiger charge is 2.43. The van der Waals surface area contributed by atoms with E-state index in [-0.39, 0.29) is 18.8 Å². The van der Waals surface area contributed by atoms with Crippen LogP contribution in [0.15, 0.2) is 17.7 Å². The average Bonchev–Trinajstić information content (AvgIpc) is 3.11. The third-order valence-corrected chi connectivity index (χ3v) is 6.57. The fraction of sp³-hybridized carbons (Fsp3) is 0.591. The van der Waals surface area contributed by atoms with E-state index in [4.69, 9.17) is 14.2 Å². The molecular weight excluding hydrogens is 342 g/mol. The Bertz CT molecular complexity index is 796. The number of carbonyl (C=O) groups is 1. The molecule has 27 heavy (non-hydrogen) atoms. The molecule has 2 aliphatic heterocycles. The zero-order chi connectivity index (χ0) is 19.2. The van der Waals surface area contributed by atoms with E-state index in [1.165, 1.54) is 11.1 Å². The molecule has 0 bridgehead atoms. The van der Waals surface area contributed by atoms with E-state index in [1.54, 1.807) is 7.11 Å². The van der Waals surface area contributed by atoms with E-state index in [9.17, 15) is 4.79 Å². The number of rotatable bonds is 4. The highest BCUT2D eigenvalue weighted by molar-refractivity contribution is 5.82. The molecule has 0 N–H and O–H groups in total.